The van der Waals surface area contributed by atoms with Crippen LogP contribution in [0.2, 0.25) is 0 Å². The minimum absolute atomic E-state index is 0.819. The molecule has 0 radical (unpaired) electrons. The first-order chi connectivity index (χ1) is 7.09. The van der Waals surface area contributed by atoms with Gasteiger partial charge in [-0.15, -0.1) is 0 Å². The second-order valence-electron chi connectivity index (χ2n) is 5.81. The summed E-state index contributed by atoms with van der Waals surface area (Å²) in [6.07, 6.45) is 6.74. The van der Waals surface area contributed by atoms with Crippen molar-refractivity contribution in [3.05, 3.63) is 23.3 Å². The Balaban J connectivity index is 2.26. The lowest BCUT2D eigenvalue weighted by atomic mass is 9.63. The van der Waals surface area contributed by atoms with Crippen molar-refractivity contribution >= 4 is 0 Å². The van der Waals surface area contributed by atoms with E-state index < -0.39 is 0 Å². The van der Waals surface area contributed by atoms with E-state index in [1.54, 1.807) is 11.1 Å². The van der Waals surface area contributed by atoms with Crippen LogP contribution in [0.25, 0.3) is 0 Å². The van der Waals surface area contributed by atoms with Crippen LogP contribution in [0.4, 0.5) is 0 Å². The highest BCUT2D eigenvalue weighted by molar-refractivity contribution is 5.25. The molecule has 2 fully saturated rings. The molecule has 3 atom stereocenters. The number of allylic oxidation sites excluding steroid dienone is 3. The molecule has 0 aromatic rings. The number of hydrogen-bond acceptors (Lipinski definition) is 0. The quantitative estimate of drug-likeness (QED) is 0.501. The second-order valence-corrected chi connectivity index (χ2v) is 5.81. The van der Waals surface area contributed by atoms with Crippen molar-refractivity contribution in [2.45, 2.75) is 52.9 Å². The van der Waals surface area contributed by atoms with E-state index in [0.717, 1.165) is 17.8 Å². The summed E-state index contributed by atoms with van der Waals surface area (Å²) in [5.74, 6) is 2.59. The van der Waals surface area contributed by atoms with Crippen molar-refractivity contribution in [3.63, 3.8) is 0 Å². The summed E-state index contributed by atoms with van der Waals surface area (Å²) in [6, 6.07) is 0. The Hall–Kier alpha value is -0.520. The van der Waals surface area contributed by atoms with Crippen molar-refractivity contribution in [3.8, 4) is 0 Å². The van der Waals surface area contributed by atoms with Crippen molar-refractivity contribution in [2.24, 2.45) is 17.8 Å². The Labute approximate surface area is 94.5 Å². The Bertz CT molecular complexity index is 291. The fraction of sp³-hybridized carbons (Fsp3) is 0.733. The van der Waals surface area contributed by atoms with Gasteiger partial charge in [0.05, 0.1) is 0 Å². The summed E-state index contributed by atoms with van der Waals surface area (Å²) in [5, 5.41) is 0. The highest BCUT2D eigenvalue weighted by Crippen LogP contribution is 2.48. The average molecular weight is 204 g/mol. The van der Waals surface area contributed by atoms with Gasteiger partial charge in [0.1, 0.15) is 0 Å². The number of fused-ring (bicyclic) bond motifs is 1. The monoisotopic (exact) mass is 204 g/mol. The molecule has 0 heteroatoms. The van der Waals surface area contributed by atoms with Gasteiger partial charge in [0.15, 0.2) is 0 Å². The van der Waals surface area contributed by atoms with Gasteiger partial charge < -0.3 is 0 Å². The molecule has 15 heavy (non-hydrogen) atoms. The van der Waals surface area contributed by atoms with E-state index in [-0.39, 0.29) is 0 Å². The van der Waals surface area contributed by atoms with Gasteiger partial charge in [0.2, 0.25) is 0 Å². The van der Waals surface area contributed by atoms with Crippen LogP contribution in [0, 0.1) is 17.8 Å². The average Bonchev–Trinajstić information content (AvgIpc) is 2.17. The molecule has 0 bridgehead atoms. The first-order valence-corrected chi connectivity index (χ1v) is 6.43. The Morgan fingerprint density at radius 3 is 2.53 bits per heavy atom. The maximum Gasteiger partial charge on any atom is -0.0133 e. The molecular formula is C15H24. The lowest BCUT2D eigenvalue weighted by molar-refractivity contribution is 0.224. The van der Waals surface area contributed by atoms with Crippen molar-refractivity contribution in [2.75, 3.05) is 0 Å². The number of rotatable bonds is 0. The summed E-state index contributed by atoms with van der Waals surface area (Å²) >= 11 is 0. The van der Waals surface area contributed by atoms with E-state index in [1.807, 2.05) is 0 Å². The highest BCUT2D eigenvalue weighted by Gasteiger charge is 2.35. The Morgan fingerprint density at radius 2 is 1.87 bits per heavy atom. The molecule has 2 rings (SSSR count). The van der Waals surface area contributed by atoms with Gasteiger partial charge in [-0.3, -0.25) is 0 Å². The van der Waals surface area contributed by atoms with Crippen LogP contribution in [0.3, 0.4) is 0 Å². The molecule has 0 nitrogen and oxygen atoms in total. The molecule has 2 saturated carbocycles. The SMILES string of the molecule is C=C1CCC(=C(C)C)C2CC(C)CCC12. The van der Waals surface area contributed by atoms with Gasteiger partial charge in [-0.25, -0.2) is 0 Å². The molecule has 2 aliphatic rings. The summed E-state index contributed by atoms with van der Waals surface area (Å²) < 4.78 is 0. The summed E-state index contributed by atoms with van der Waals surface area (Å²) in [4.78, 5) is 0. The smallest absolute Gasteiger partial charge is 0.0133 e. The van der Waals surface area contributed by atoms with Gasteiger partial charge in [-0.05, 0) is 57.3 Å². The minimum Gasteiger partial charge on any atom is -0.0995 e. The molecule has 0 heterocycles. The normalized spacial score (nSPS) is 36.3. The van der Waals surface area contributed by atoms with E-state index in [0.29, 0.717) is 0 Å². The predicted octanol–water partition coefficient (Wildman–Crippen LogP) is 4.73. The molecule has 0 spiro atoms. The molecule has 0 aliphatic heterocycles. The van der Waals surface area contributed by atoms with E-state index in [1.165, 1.54) is 37.7 Å². The van der Waals surface area contributed by atoms with Crippen LogP contribution >= 0.6 is 0 Å². The zero-order valence-corrected chi connectivity index (χ0v) is 10.5. The zero-order valence-electron chi connectivity index (χ0n) is 10.5. The highest BCUT2D eigenvalue weighted by atomic mass is 14.4. The maximum atomic E-state index is 4.29. The lowest BCUT2D eigenvalue weighted by Gasteiger charge is -2.42. The fourth-order valence-electron chi connectivity index (χ4n) is 3.54. The van der Waals surface area contributed by atoms with E-state index in [4.69, 9.17) is 0 Å². The minimum atomic E-state index is 0.819. The van der Waals surface area contributed by atoms with Crippen LogP contribution in [-0.4, -0.2) is 0 Å². The second kappa shape index (κ2) is 4.15. The first-order valence-electron chi connectivity index (χ1n) is 6.43. The Kier molecular flexibility index (Phi) is 3.04. The fourth-order valence-corrected chi connectivity index (χ4v) is 3.54. The first kappa shape index (κ1) is 11.0. The molecular weight excluding hydrogens is 180 g/mol. The third-order valence-corrected chi connectivity index (χ3v) is 4.44. The summed E-state index contributed by atoms with van der Waals surface area (Å²) in [6.45, 7) is 11.3. The molecule has 0 saturated heterocycles. The van der Waals surface area contributed by atoms with E-state index >= 15 is 0 Å². The standard InChI is InChI=1S/C15H24/c1-10(2)13-8-6-12(4)14-7-5-11(3)9-15(13)14/h11,14-15H,4-9H2,1-3H3. The molecule has 2 aliphatic carbocycles. The van der Waals surface area contributed by atoms with E-state index in [9.17, 15) is 0 Å². The van der Waals surface area contributed by atoms with E-state index in [2.05, 4.69) is 27.4 Å². The molecule has 0 aromatic carbocycles. The van der Waals surface area contributed by atoms with Gasteiger partial charge in [-0.2, -0.15) is 0 Å². The Morgan fingerprint density at radius 1 is 1.13 bits per heavy atom. The largest absolute Gasteiger partial charge is 0.0995 e. The zero-order chi connectivity index (χ0) is 11.0. The topological polar surface area (TPSA) is 0 Å². The number of hydrogen-bond donors (Lipinski definition) is 0. The molecule has 0 N–H and O–H groups in total. The third kappa shape index (κ3) is 2.04. The molecule has 0 aromatic heterocycles. The van der Waals surface area contributed by atoms with Crippen LogP contribution in [-0.2, 0) is 0 Å². The van der Waals surface area contributed by atoms with Crippen molar-refractivity contribution in [1.29, 1.82) is 0 Å². The van der Waals surface area contributed by atoms with Crippen LogP contribution < -0.4 is 0 Å². The van der Waals surface area contributed by atoms with Crippen LogP contribution in [0.15, 0.2) is 23.3 Å². The van der Waals surface area contributed by atoms with Gasteiger partial charge in [-0.1, -0.05) is 36.6 Å². The van der Waals surface area contributed by atoms with Crippen molar-refractivity contribution in [1.82, 2.24) is 0 Å². The summed E-state index contributed by atoms with van der Waals surface area (Å²) in [5.41, 5.74) is 4.88. The van der Waals surface area contributed by atoms with Crippen LogP contribution in [0.1, 0.15) is 52.9 Å². The van der Waals surface area contributed by atoms with Crippen LogP contribution in [0.5, 0.6) is 0 Å². The molecule has 0 amide bonds. The predicted molar refractivity (Wildman–Crippen MR) is 66.7 cm³/mol. The summed E-state index contributed by atoms with van der Waals surface area (Å²) in [7, 11) is 0. The van der Waals surface area contributed by atoms with Gasteiger partial charge in [0, 0.05) is 0 Å². The molecule has 84 valence electrons. The van der Waals surface area contributed by atoms with Gasteiger partial charge in [0.25, 0.3) is 0 Å². The third-order valence-electron chi connectivity index (χ3n) is 4.44. The maximum absolute atomic E-state index is 4.29. The molecule has 3 unspecified atom stereocenters. The van der Waals surface area contributed by atoms with Gasteiger partial charge >= 0.3 is 0 Å². The lowest BCUT2D eigenvalue weighted by Crippen LogP contribution is -2.30. The van der Waals surface area contributed by atoms with Crippen molar-refractivity contribution < 1.29 is 0 Å².